The number of rotatable bonds is 11. The van der Waals surface area contributed by atoms with E-state index < -0.39 is 0 Å². The molecule has 0 bridgehead atoms. The van der Waals surface area contributed by atoms with Crippen LogP contribution in [0, 0.1) is 19.8 Å². The fraction of sp³-hybridized carbons (Fsp3) is 0.400. The summed E-state index contributed by atoms with van der Waals surface area (Å²) in [6.07, 6.45) is 9.17. The van der Waals surface area contributed by atoms with Crippen molar-refractivity contribution in [2.45, 2.75) is 72.8 Å². The highest BCUT2D eigenvalue weighted by molar-refractivity contribution is 6.29. The van der Waals surface area contributed by atoms with E-state index in [-0.39, 0.29) is 48.6 Å². The average molecular weight is 615 g/mol. The van der Waals surface area contributed by atoms with E-state index in [0.717, 1.165) is 55.5 Å². The number of nitrogens with zero attached hydrogens (tertiary/aromatic N) is 1. The molecule has 0 fully saturated rings. The first-order chi connectivity index (χ1) is 21.4. The van der Waals surface area contributed by atoms with Crippen LogP contribution in [-0.2, 0) is 47.9 Å². The van der Waals surface area contributed by atoms with Gasteiger partial charge in [0.15, 0.2) is 0 Å². The Kier molecular flexibility index (Phi) is 10.3. The molecule has 3 N–H and O–H groups in total. The molecule has 0 spiro atoms. The Labute approximate surface area is 263 Å². The topological polar surface area (TPSA) is 143 Å². The van der Waals surface area contributed by atoms with Gasteiger partial charge in [0.1, 0.15) is 0 Å². The van der Waals surface area contributed by atoms with Crippen molar-refractivity contribution < 1.29 is 28.7 Å². The lowest BCUT2D eigenvalue weighted by atomic mass is 9.98. The summed E-state index contributed by atoms with van der Waals surface area (Å²) in [7, 11) is 2.74. The first-order valence-electron chi connectivity index (χ1n) is 15.1. The smallest absolute Gasteiger partial charge is 0.305 e. The summed E-state index contributed by atoms with van der Waals surface area (Å²) < 4.78 is 9.83. The molecule has 0 unspecified atom stereocenters. The minimum Gasteiger partial charge on any atom is -0.469 e. The second-order valence-corrected chi connectivity index (χ2v) is 11.4. The molecular weight excluding hydrogens is 572 g/mol. The van der Waals surface area contributed by atoms with Gasteiger partial charge in [0.05, 0.1) is 31.9 Å². The van der Waals surface area contributed by atoms with Crippen LogP contribution >= 0.6 is 0 Å². The fourth-order valence-electron chi connectivity index (χ4n) is 6.09. The Morgan fingerprint density at radius 3 is 2.16 bits per heavy atom. The van der Waals surface area contributed by atoms with Gasteiger partial charge in [0.25, 0.3) is 11.8 Å². The molecule has 10 heteroatoms. The third kappa shape index (κ3) is 6.84. The minimum absolute atomic E-state index is 0.140. The molecule has 238 valence electrons. The highest BCUT2D eigenvalue weighted by Crippen LogP contribution is 2.27. The summed E-state index contributed by atoms with van der Waals surface area (Å²) in [5.74, 6) is -1.25. The van der Waals surface area contributed by atoms with Crippen LogP contribution in [0.5, 0.6) is 0 Å². The normalized spacial score (nSPS) is 19.9. The molecule has 2 atom stereocenters. The van der Waals surface area contributed by atoms with Crippen LogP contribution in [0.1, 0.15) is 67.3 Å². The lowest BCUT2D eigenvalue weighted by Gasteiger charge is -2.12. The zero-order valence-electron chi connectivity index (χ0n) is 27.1. The van der Waals surface area contributed by atoms with Crippen molar-refractivity contribution in [3.05, 3.63) is 79.8 Å². The monoisotopic (exact) mass is 614 g/mol. The van der Waals surface area contributed by atoms with Crippen LogP contribution in [0.25, 0.3) is 12.2 Å². The van der Waals surface area contributed by atoms with Gasteiger partial charge in [-0.05, 0) is 93.0 Å². The molecular formula is C35H42N4O6. The molecule has 2 aliphatic heterocycles. The maximum Gasteiger partial charge on any atom is 0.305 e. The summed E-state index contributed by atoms with van der Waals surface area (Å²) in [5.41, 5.74) is 8.56. The SMILES string of the molecule is C=CC1=C(C)[C@H](Cc2[nH]c(C=c3[nH]c(=CC4=NC(=O)[C@@H](C)/C4=C/C)c(C)c3CCC(=O)OC)c(CCC(=O)OC)c2C)NC1=O. The van der Waals surface area contributed by atoms with Crippen LogP contribution in [0.4, 0.5) is 0 Å². The second kappa shape index (κ2) is 13.9. The molecule has 0 radical (unpaired) electrons. The van der Waals surface area contributed by atoms with Crippen molar-refractivity contribution in [1.82, 2.24) is 15.3 Å². The highest BCUT2D eigenvalue weighted by Gasteiger charge is 2.29. The molecule has 0 saturated heterocycles. The molecule has 45 heavy (non-hydrogen) atoms. The first kappa shape index (κ1) is 33.2. The average Bonchev–Trinajstić information content (AvgIpc) is 3.66. The Morgan fingerprint density at radius 2 is 1.58 bits per heavy atom. The zero-order chi connectivity index (χ0) is 33.0. The van der Waals surface area contributed by atoms with E-state index in [1.54, 1.807) is 6.08 Å². The van der Waals surface area contributed by atoms with Crippen molar-refractivity contribution in [2.75, 3.05) is 14.2 Å². The lowest BCUT2D eigenvalue weighted by Crippen LogP contribution is -2.30. The summed E-state index contributed by atoms with van der Waals surface area (Å²) >= 11 is 0. The van der Waals surface area contributed by atoms with E-state index in [0.29, 0.717) is 30.5 Å². The Morgan fingerprint density at radius 1 is 0.933 bits per heavy atom. The van der Waals surface area contributed by atoms with Crippen molar-refractivity contribution in [3.8, 4) is 0 Å². The predicted octanol–water partition coefficient (Wildman–Crippen LogP) is 2.89. The van der Waals surface area contributed by atoms with Crippen LogP contribution in [0.15, 0.2) is 40.4 Å². The van der Waals surface area contributed by atoms with Crippen LogP contribution in [-0.4, -0.2) is 59.7 Å². The number of esters is 2. The molecule has 4 rings (SSSR count). The third-order valence-corrected chi connectivity index (χ3v) is 8.93. The number of methoxy groups -OCH3 is 2. The summed E-state index contributed by atoms with van der Waals surface area (Å²) in [4.78, 5) is 60.4. The quantitative estimate of drug-likeness (QED) is 0.332. The number of aromatic nitrogens is 2. The third-order valence-electron chi connectivity index (χ3n) is 8.93. The molecule has 2 aliphatic rings. The van der Waals surface area contributed by atoms with Gasteiger partial charge >= 0.3 is 11.9 Å². The number of carbonyl (C=O) groups excluding carboxylic acids is 4. The largest absolute Gasteiger partial charge is 0.469 e. The number of ether oxygens (including phenoxy) is 2. The van der Waals surface area contributed by atoms with E-state index in [2.05, 4.69) is 26.9 Å². The predicted molar refractivity (Wildman–Crippen MR) is 173 cm³/mol. The first-order valence-corrected chi connectivity index (χ1v) is 15.1. The number of allylic oxidation sites excluding steroid dienone is 1. The maximum atomic E-state index is 12.4. The van der Waals surface area contributed by atoms with Crippen molar-refractivity contribution in [2.24, 2.45) is 10.9 Å². The Balaban J connectivity index is 1.86. The zero-order valence-corrected chi connectivity index (χ0v) is 27.1. The van der Waals surface area contributed by atoms with Gasteiger partial charge in [-0.2, -0.15) is 0 Å². The van der Waals surface area contributed by atoms with Gasteiger partial charge in [-0.25, -0.2) is 4.99 Å². The summed E-state index contributed by atoms with van der Waals surface area (Å²) in [5, 5.41) is 4.61. The minimum atomic E-state index is -0.319. The van der Waals surface area contributed by atoms with Gasteiger partial charge in [-0.1, -0.05) is 18.7 Å². The Hall–Kier alpha value is -4.73. The van der Waals surface area contributed by atoms with Crippen molar-refractivity contribution in [3.63, 3.8) is 0 Å². The van der Waals surface area contributed by atoms with E-state index in [9.17, 15) is 19.2 Å². The van der Waals surface area contributed by atoms with E-state index in [4.69, 9.17) is 9.47 Å². The Bertz CT molecular complexity index is 1780. The number of hydrogen-bond acceptors (Lipinski definition) is 6. The van der Waals surface area contributed by atoms with Gasteiger partial charge in [0, 0.05) is 46.9 Å². The molecule has 2 aromatic heterocycles. The van der Waals surface area contributed by atoms with Crippen molar-refractivity contribution in [1.29, 1.82) is 0 Å². The number of aromatic amines is 2. The summed E-state index contributed by atoms with van der Waals surface area (Å²) in [6.45, 7) is 13.4. The number of H-pyrrole nitrogens is 2. The van der Waals surface area contributed by atoms with Gasteiger partial charge in [-0.3, -0.25) is 19.2 Å². The second-order valence-electron chi connectivity index (χ2n) is 11.4. The van der Waals surface area contributed by atoms with Gasteiger partial charge in [0.2, 0.25) is 0 Å². The fourth-order valence-corrected chi connectivity index (χ4v) is 6.09. The van der Waals surface area contributed by atoms with Gasteiger partial charge < -0.3 is 24.8 Å². The van der Waals surface area contributed by atoms with Crippen LogP contribution in [0.2, 0.25) is 0 Å². The number of nitrogens with one attached hydrogen (secondary N) is 3. The highest BCUT2D eigenvalue weighted by atomic mass is 16.5. The standard InChI is InChI=1S/C35H42N4O6/c1-9-22-21(6)34(42)39-29(22)16-27-20(5)25(12-14-33(41)45-8)31(37-27)17-30-24(11-13-32(40)44-7)19(4)26(36-30)15-28-18(3)23(10-2)35(43)38-28/h9-10,16-17,21,28,36-37H,2,11-15H2,1,3-8H3,(H,38,43)/b22-9-,27-16?,31-17?/t21-,28-/m0/s1. The van der Waals surface area contributed by atoms with Crippen LogP contribution < -0.4 is 16.0 Å². The maximum absolute atomic E-state index is 12.4. The van der Waals surface area contributed by atoms with E-state index in [1.165, 1.54) is 14.2 Å². The molecule has 0 aliphatic carbocycles. The molecule has 10 nitrogen and oxygen atoms in total. The lowest BCUT2D eigenvalue weighted by molar-refractivity contribution is -0.141. The summed E-state index contributed by atoms with van der Waals surface area (Å²) in [6, 6.07) is -0.188. The molecule has 4 heterocycles. The van der Waals surface area contributed by atoms with Crippen molar-refractivity contribution >= 4 is 41.6 Å². The number of carbonyl (C=O) groups is 4. The van der Waals surface area contributed by atoms with E-state index >= 15 is 0 Å². The molecule has 2 aromatic rings. The number of aliphatic imine (C=N–C) groups is 1. The number of amides is 2. The number of hydrogen-bond donors (Lipinski definition) is 3. The van der Waals surface area contributed by atoms with E-state index in [1.807, 2.05) is 52.8 Å². The van der Waals surface area contributed by atoms with Crippen LogP contribution in [0.3, 0.4) is 0 Å². The molecule has 2 amide bonds. The van der Waals surface area contributed by atoms with Gasteiger partial charge in [-0.15, -0.1) is 0 Å². The molecule has 0 saturated carbocycles. The molecule has 0 aromatic carbocycles.